The Kier molecular flexibility index (Phi) is 4.79. The molecule has 0 radical (unpaired) electrons. The molecule has 0 saturated carbocycles. The number of anilines is 1. The molecule has 0 bridgehead atoms. The Labute approximate surface area is 152 Å². The van der Waals surface area contributed by atoms with Crippen molar-refractivity contribution in [1.29, 1.82) is 0 Å². The van der Waals surface area contributed by atoms with E-state index >= 15 is 0 Å². The number of nitrogens with one attached hydrogen (secondary N) is 1. The number of sulfone groups is 1. The first-order valence-electron chi connectivity index (χ1n) is 7.18. The minimum atomic E-state index is -3.42. The molecular weight excluding hydrogens is 387 g/mol. The lowest BCUT2D eigenvalue weighted by molar-refractivity contribution is -0.121. The summed E-state index contributed by atoms with van der Waals surface area (Å²) in [6, 6.07) is 7.77. The SMILES string of the molecule is CS(=O)(=O)c1ccc2nnn(OCC(=O)Nc3ccc(F)cc3Cl)c2c1. The molecule has 26 heavy (non-hydrogen) atoms. The molecule has 0 aliphatic carbocycles. The Morgan fingerprint density at radius 1 is 1.31 bits per heavy atom. The highest BCUT2D eigenvalue weighted by molar-refractivity contribution is 7.90. The number of hydrogen-bond donors (Lipinski definition) is 1. The lowest BCUT2D eigenvalue weighted by atomic mass is 10.3. The minimum Gasteiger partial charge on any atom is -0.385 e. The van der Waals surface area contributed by atoms with E-state index in [4.69, 9.17) is 16.4 Å². The van der Waals surface area contributed by atoms with Gasteiger partial charge in [-0.15, -0.1) is 5.10 Å². The van der Waals surface area contributed by atoms with Crippen molar-refractivity contribution in [2.45, 2.75) is 4.90 Å². The molecule has 3 rings (SSSR count). The summed E-state index contributed by atoms with van der Waals surface area (Å²) in [5.74, 6) is -1.10. The van der Waals surface area contributed by atoms with Crippen molar-refractivity contribution >= 4 is 44.1 Å². The van der Waals surface area contributed by atoms with Gasteiger partial charge in [-0.25, -0.2) is 12.8 Å². The van der Waals surface area contributed by atoms with Crippen LogP contribution < -0.4 is 10.2 Å². The van der Waals surface area contributed by atoms with E-state index in [9.17, 15) is 17.6 Å². The van der Waals surface area contributed by atoms with Gasteiger partial charge < -0.3 is 10.2 Å². The first-order chi connectivity index (χ1) is 12.2. The van der Waals surface area contributed by atoms with Gasteiger partial charge in [0.25, 0.3) is 5.91 Å². The van der Waals surface area contributed by atoms with Crippen molar-refractivity contribution in [2.75, 3.05) is 18.2 Å². The van der Waals surface area contributed by atoms with Crippen LogP contribution in [0.3, 0.4) is 0 Å². The van der Waals surface area contributed by atoms with Gasteiger partial charge in [0.05, 0.1) is 15.6 Å². The molecule has 1 amide bonds. The number of rotatable bonds is 5. The van der Waals surface area contributed by atoms with E-state index in [-0.39, 0.29) is 15.6 Å². The molecule has 0 spiro atoms. The highest BCUT2D eigenvalue weighted by Gasteiger charge is 2.14. The Balaban J connectivity index is 1.74. The summed E-state index contributed by atoms with van der Waals surface area (Å²) >= 11 is 5.83. The Morgan fingerprint density at radius 2 is 2.08 bits per heavy atom. The molecule has 1 heterocycles. The topological polar surface area (TPSA) is 103 Å². The zero-order valence-electron chi connectivity index (χ0n) is 13.3. The maximum atomic E-state index is 13.0. The van der Waals surface area contributed by atoms with Gasteiger partial charge in [0.15, 0.2) is 16.4 Å². The lowest BCUT2D eigenvalue weighted by Gasteiger charge is -2.08. The van der Waals surface area contributed by atoms with Crippen molar-refractivity contribution < 1.29 is 22.4 Å². The largest absolute Gasteiger partial charge is 0.385 e. The third kappa shape index (κ3) is 3.92. The van der Waals surface area contributed by atoms with Crippen molar-refractivity contribution in [3.8, 4) is 0 Å². The average molecular weight is 399 g/mol. The molecule has 0 saturated heterocycles. The van der Waals surface area contributed by atoms with Gasteiger partial charge in [0.1, 0.15) is 16.9 Å². The zero-order valence-corrected chi connectivity index (χ0v) is 14.9. The molecule has 0 aliphatic rings. The number of carbonyl (C=O) groups excluding carboxylic acids is 1. The maximum Gasteiger partial charge on any atom is 0.265 e. The fourth-order valence-corrected chi connectivity index (χ4v) is 2.96. The van der Waals surface area contributed by atoms with Crippen LogP contribution in [0.4, 0.5) is 10.1 Å². The standard InChI is InChI=1S/C15H12ClFN4O4S/c1-26(23,24)10-3-5-13-14(7-10)21(20-19-13)25-8-15(22)18-12-4-2-9(17)6-11(12)16/h2-7H,8H2,1H3,(H,18,22). The summed E-state index contributed by atoms with van der Waals surface area (Å²) in [4.78, 5) is 18.2. The van der Waals surface area contributed by atoms with Crippen LogP contribution in [-0.4, -0.2) is 42.3 Å². The average Bonchev–Trinajstić information content (AvgIpc) is 2.97. The fraction of sp³-hybridized carbons (Fsp3) is 0.133. The monoisotopic (exact) mass is 398 g/mol. The van der Waals surface area contributed by atoms with Gasteiger partial charge in [0, 0.05) is 6.26 Å². The highest BCUT2D eigenvalue weighted by atomic mass is 35.5. The highest BCUT2D eigenvalue weighted by Crippen LogP contribution is 2.22. The Hall–Kier alpha value is -2.72. The molecule has 1 aromatic heterocycles. The Bertz CT molecular complexity index is 1100. The van der Waals surface area contributed by atoms with Crippen LogP contribution in [-0.2, 0) is 14.6 Å². The molecular formula is C15H12ClFN4O4S. The minimum absolute atomic E-state index is 0.0438. The molecule has 0 fully saturated rings. The van der Waals surface area contributed by atoms with Crippen LogP contribution in [0, 0.1) is 5.82 Å². The molecule has 8 nitrogen and oxygen atoms in total. The van der Waals surface area contributed by atoms with Gasteiger partial charge in [-0.1, -0.05) is 16.4 Å². The zero-order chi connectivity index (χ0) is 18.9. The fourth-order valence-electron chi connectivity index (χ4n) is 2.10. The predicted molar refractivity (Wildman–Crippen MR) is 92.1 cm³/mol. The normalized spacial score (nSPS) is 11.5. The van der Waals surface area contributed by atoms with Crippen molar-refractivity contribution in [3.05, 3.63) is 47.2 Å². The van der Waals surface area contributed by atoms with Crippen molar-refractivity contribution in [2.24, 2.45) is 0 Å². The number of carbonyl (C=O) groups is 1. The quantitative estimate of drug-likeness (QED) is 0.701. The third-order valence-electron chi connectivity index (χ3n) is 3.34. The van der Waals surface area contributed by atoms with Crippen LogP contribution in [0.25, 0.3) is 11.0 Å². The van der Waals surface area contributed by atoms with E-state index in [1.165, 1.54) is 24.3 Å². The van der Waals surface area contributed by atoms with Crippen LogP contribution >= 0.6 is 11.6 Å². The second-order valence-electron chi connectivity index (χ2n) is 5.33. The molecule has 3 aromatic rings. The van der Waals surface area contributed by atoms with E-state index in [0.29, 0.717) is 11.0 Å². The molecule has 1 N–H and O–H groups in total. The number of hydrogen-bond acceptors (Lipinski definition) is 6. The maximum absolute atomic E-state index is 13.0. The van der Waals surface area contributed by atoms with Crippen LogP contribution in [0.2, 0.25) is 5.02 Å². The smallest absolute Gasteiger partial charge is 0.265 e. The summed E-state index contributed by atoms with van der Waals surface area (Å²) in [5, 5.41) is 10.1. The number of halogens is 2. The molecule has 11 heteroatoms. The summed E-state index contributed by atoms with van der Waals surface area (Å²) in [6.07, 6.45) is 1.07. The van der Waals surface area contributed by atoms with E-state index in [1.807, 2.05) is 0 Å². The first kappa shape index (κ1) is 18.1. The van der Waals surface area contributed by atoms with Gasteiger partial charge in [-0.3, -0.25) is 4.79 Å². The Morgan fingerprint density at radius 3 is 2.77 bits per heavy atom. The molecule has 0 atom stereocenters. The predicted octanol–water partition coefficient (Wildman–Crippen LogP) is 1.69. The number of benzene rings is 2. The van der Waals surface area contributed by atoms with Crippen molar-refractivity contribution in [1.82, 2.24) is 15.2 Å². The molecule has 0 unspecified atom stereocenters. The van der Waals surface area contributed by atoms with E-state index in [1.54, 1.807) is 0 Å². The summed E-state index contributed by atoms with van der Waals surface area (Å²) in [5.41, 5.74) is 0.921. The molecule has 136 valence electrons. The number of amides is 1. The number of fused-ring (bicyclic) bond motifs is 1. The van der Waals surface area contributed by atoms with Crippen LogP contribution in [0.1, 0.15) is 0 Å². The van der Waals surface area contributed by atoms with Gasteiger partial charge in [-0.05, 0) is 41.6 Å². The molecule has 0 aliphatic heterocycles. The third-order valence-corrected chi connectivity index (χ3v) is 4.76. The van der Waals surface area contributed by atoms with Crippen molar-refractivity contribution in [3.63, 3.8) is 0 Å². The summed E-state index contributed by atoms with van der Waals surface area (Å²) < 4.78 is 36.3. The second-order valence-corrected chi connectivity index (χ2v) is 7.75. The number of nitrogens with zero attached hydrogens (tertiary/aromatic N) is 3. The van der Waals surface area contributed by atoms with E-state index in [0.717, 1.165) is 23.2 Å². The van der Waals surface area contributed by atoms with E-state index < -0.39 is 28.2 Å². The van der Waals surface area contributed by atoms with Crippen LogP contribution in [0.5, 0.6) is 0 Å². The summed E-state index contributed by atoms with van der Waals surface area (Å²) in [6.45, 7) is -0.449. The number of aromatic nitrogens is 3. The lowest BCUT2D eigenvalue weighted by Crippen LogP contribution is -2.26. The second kappa shape index (κ2) is 6.89. The van der Waals surface area contributed by atoms with E-state index in [2.05, 4.69) is 15.6 Å². The van der Waals surface area contributed by atoms with Crippen LogP contribution in [0.15, 0.2) is 41.3 Å². The van der Waals surface area contributed by atoms with Gasteiger partial charge >= 0.3 is 0 Å². The summed E-state index contributed by atoms with van der Waals surface area (Å²) in [7, 11) is -3.42. The molecule has 2 aromatic carbocycles. The van der Waals surface area contributed by atoms with Gasteiger partial charge in [-0.2, -0.15) is 0 Å². The van der Waals surface area contributed by atoms with Gasteiger partial charge in [0.2, 0.25) is 0 Å². The first-order valence-corrected chi connectivity index (χ1v) is 9.45.